The summed E-state index contributed by atoms with van der Waals surface area (Å²) in [7, 11) is -5.86. The first-order valence-electron chi connectivity index (χ1n) is 3.70. The van der Waals surface area contributed by atoms with Crippen molar-refractivity contribution >= 4 is 17.3 Å². The van der Waals surface area contributed by atoms with Crippen molar-refractivity contribution in [2.45, 2.75) is 12.8 Å². The molecule has 1 N–H and O–H groups in total. The molecule has 0 aromatic carbocycles. The van der Waals surface area contributed by atoms with Gasteiger partial charge in [-0.3, -0.25) is 4.55 Å². The van der Waals surface area contributed by atoms with E-state index in [1.807, 2.05) is 0 Å². The van der Waals surface area contributed by atoms with Crippen molar-refractivity contribution in [2.24, 2.45) is 0 Å². The van der Waals surface area contributed by atoms with Gasteiger partial charge in [0, 0.05) is 6.16 Å². The van der Waals surface area contributed by atoms with Gasteiger partial charge in [0.1, 0.15) is 0 Å². The minimum absolute atomic E-state index is 0.229. The van der Waals surface area contributed by atoms with E-state index in [2.05, 4.69) is 0 Å². The Balaban J connectivity index is 3.55. The third-order valence-electron chi connectivity index (χ3n) is 1.35. The van der Waals surface area contributed by atoms with Crippen LogP contribution in [0.3, 0.4) is 0 Å². The third kappa shape index (κ3) is 10.1. The first-order chi connectivity index (χ1) is 5.21. The number of hydrogen-bond donors (Lipinski definition) is 1. The second-order valence-corrected chi connectivity index (χ2v) is 8.46. The van der Waals surface area contributed by atoms with E-state index in [4.69, 9.17) is 4.55 Å². The topological polar surface area (TPSA) is 71.4 Å². The van der Waals surface area contributed by atoms with Crippen LogP contribution in [-0.4, -0.2) is 38.2 Å². The lowest BCUT2D eigenvalue weighted by molar-refractivity contribution is 0.480. The summed E-state index contributed by atoms with van der Waals surface area (Å²) in [5, 5.41) is 0. The molecule has 0 spiro atoms. The normalized spacial score (nSPS) is 13.2. The van der Waals surface area contributed by atoms with Gasteiger partial charge in [0.2, 0.25) is 0 Å². The average Bonchev–Trinajstić information content (AvgIpc) is 1.76. The van der Waals surface area contributed by atoms with Gasteiger partial charge in [0.15, 0.2) is 0 Å². The maximum atomic E-state index is 11.1. The molecule has 6 heteroatoms. The maximum absolute atomic E-state index is 11.1. The predicted molar refractivity (Wildman–Crippen MR) is 50.0 cm³/mol. The highest BCUT2D eigenvalue weighted by Crippen LogP contribution is 2.36. The fourth-order valence-corrected chi connectivity index (χ4v) is 2.33. The molecule has 0 aliphatic carbocycles. The second kappa shape index (κ2) is 4.40. The van der Waals surface area contributed by atoms with Gasteiger partial charge in [-0.2, -0.15) is 8.42 Å². The Morgan fingerprint density at radius 1 is 1.25 bits per heavy atom. The van der Waals surface area contributed by atoms with Gasteiger partial charge < -0.3 is 4.57 Å². The molecule has 12 heavy (non-hydrogen) atoms. The quantitative estimate of drug-likeness (QED) is 0.425. The first-order valence-corrected chi connectivity index (χ1v) is 8.09. The van der Waals surface area contributed by atoms with Crippen molar-refractivity contribution < 1.29 is 17.5 Å². The molecule has 0 heterocycles. The molecule has 0 aliphatic heterocycles. The van der Waals surface area contributed by atoms with Crippen molar-refractivity contribution in [3.05, 3.63) is 0 Å². The molecule has 0 aromatic rings. The Hall–Kier alpha value is 0.140. The first kappa shape index (κ1) is 12.1. The number of rotatable bonds is 5. The third-order valence-corrected chi connectivity index (χ3v) is 3.55. The minimum atomic E-state index is -3.83. The van der Waals surface area contributed by atoms with Crippen LogP contribution in [-0.2, 0) is 14.7 Å². The molecule has 74 valence electrons. The molecule has 0 radical (unpaired) electrons. The molecular weight excluding hydrogens is 199 g/mol. The van der Waals surface area contributed by atoms with E-state index >= 15 is 0 Å². The molecule has 4 nitrogen and oxygen atoms in total. The van der Waals surface area contributed by atoms with Gasteiger partial charge in [-0.1, -0.05) is 0 Å². The van der Waals surface area contributed by atoms with Gasteiger partial charge in [-0.05, 0) is 26.2 Å². The maximum Gasteiger partial charge on any atom is 0.264 e. The summed E-state index contributed by atoms with van der Waals surface area (Å²) in [5.41, 5.74) is 0. The highest BCUT2D eigenvalue weighted by atomic mass is 32.2. The van der Waals surface area contributed by atoms with Crippen molar-refractivity contribution in [1.29, 1.82) is 0 Å². The zero-order valence-electron chi connectivity index (χ0n) is 7.36. The number of hydrogen-bond acceptors (Lipinski definition) is 3. The van der Waals surface area contributed by atoms with Crippen molar-refractivity contribution in [3.63, 3.8) is 0 Å². The van der Waals surface area contributed by atoms with E-state index in [9.17, 15) is 13.0 Å². The second-order valence-electron chi connectivity index (χ2n) is 3.29. The lowest BCUT2D eigenvalue weighted by Gasteiger charge is -2.04. The van der Waals surface area contributed by atoms with E-state index in [0.29, 0.717) is 19.0 Å². The molecule has 0 aliphatic rings. The summed E-state index contributed by atoms with van der Waals surface area (Å²) in [5.74, 6) is -0.229. The summed E-state index contributed by atoms with van der Waals surface area (Å²) in [4.78, 5) is 0. The van der Waals surface area contributed by atoms with Crippen LogP contribution in [0.15, 0.2) is 0 Å². The van der Waals surface area contributed by atoms with Crippen LogP contribution in [0.2, 0.25) is 0 Å². The Morgan fingerprint density at radius 2 is 1.75 bits per heavy atom. The van der Waals surface area contributed by atoms with Crippen molar-refractivity contribution in [3.8, 4) is 0 Å². The van der Waals surface area contributed by atoms with Crippen molar-refractivity contribution in [2.75, 3.05) is 25.2 Å². The highest BCUT2D eigenvalue weighted by molar-refractivity contribution is 7.85. The lowest BCUT2D eigenvalue weighted by Crippen LogP contribution is -2.04. The fourth-order valence-electron chi connectivity index (χ4n) is 0.777. The molecule has 0 rings (SSSR count). The Morgan fingerprint density at radius 3 is 2.08 bits per heavy atom. The van der Waals surface area contributed by atoms with Gasteiger partial charge in [-0.25, -0.2) is 0 Å². The minimum Gasteiger partial charge on any atom is -0.324 e. The molecule has 0 saturated heterocycles. The van der Waals surface area contributed by atoms with Gasteiger partial charge in [-0.15, -0.1) is 0 Å². The SMILES string of the molecule is CP(C)(=O)CCCCS(=O)(=O)O. The molecular formula is C6H15O4PS. The van der Waals surface area contributed by atoms with E-state index in [0.717, 1.165) is 0 Å². The van der Waals surface area contributed by atoms with E-state index in [-0.39, 0.29) is 5.75 Å². The van der Waals surface area contributed by atoms with E-state index < -0.39 is 17.3 Å². The van der Waals surface area contributed by atoms with Crippen molar-refractivity contribution in [1.82, 2.24) is 0 Å². The van der Waals surface area contributed by atoms with Crippen LogP contribution in [0.4, 0.5) is 0 Å². The van der Waals surface area contributed by atoms with E-state index in [1.165, 1.54) is 0 Å². The van der Waals surface area contributed by atoms with Crippen LogP contribution in [0, 0.1) is 0 Å². The molecule has 0 unspecified atom stereocenters. The molecule has 0 fully saturated rings. The zero-order valence-corrected chi connectivity index (χ0v) is 9.07. The van der Waals surface area contributed by atoms with Gasteiger partial charge in [0.05, 0.1) is 12.9 Å². The van der Waals surface area contributed by atoms with Crippen LogP contribution < -0.4 is 0 Å². The molecule has 0 aromatic heterocycles. The Bertz CT molecular complexity index is 263. The Kier molecular flexibility index (Phi) is 4.45. The summed E-state index contributed by atoms with van der Waals surface area (Å²) in [6, 6.07) is 0. The molecule has 0 atom stereocenters. The van der Waals surface area contributed by atoms with Crippen LogP contribution >= 0.6 is 7.14 Å². The predicted octanol–water partition coefficient (Wildman–Crippen LogP) is 1.28. The summed E-state index contributed by atoms with van der Waals surface area (Å²) < 4.78 is 40.0. The standard InChI is InChI=1S/C6H15O4PS/c1-11(2,7)5-3-4-6-12(8,9)10/h3-6H2,1-2H3,(H,8,9,10). The average molecular weight is 214 g/mol. The zero-order chi connectivity index (χ0) is 9.83. The lowest BCUT2D eigenvalue weighted by atomic mass is 10.4. The van der Waals surface area contributed by atoms with Crippen LogP contribution in [0.1, 0.15) is 12.8 Å². The molecule has 0 bridgehead atoms. The van der Waals surface area contributed by atoms with Gasteiger partial charge in [0.25, 0.3) is 10.1 Å². The number of unbranched alkanes of at least 4 members (excludes halogenated alkanes) is 1. The molecule has 0 saturated carbocycles. The fraction of sp³-hybridized carbons (Fsp3) is 1.00. The van der Waals surface area contributed by atoms with E-state index in [1.54, 1.807) is 13.3 Å². The largest absolute Gasteiger partial charge is 0.324 e. The summed E-state index contributed by atoms with van der Waals surface area (Å²) in [6.07, 6.45) is 1.51. The highest BCUT2D eigenvalue weighted by Gasteiger charge is 2.08. The summed E-state index contributed by atoms with van der Waals surface area (Å²) in [6.45, 7) is 3.33. The Labute approximate surface area is 73.5 Å². The molecule has 0 amide bonds. The summed E-state index contributed by atoms with van der Waals surface area (Å²) >= 11 is 0. The smallest absolute Gasteiger partial charge is 0.264 e. The monoisotopic (exact) mass is 214 g/mol. The van der Waals surface area contributed by atoms with Crippen LogP contribution in [0.25, 0.3) is 0 Å². The van der Waals surface area contributed by atoms with Gasteiger partial charge >= 0.3 is 0 Å². The van der Waals surface area contributed by atoms with Crippen LogP contribution in [0.5, 0.6) is 0 Å².